The Morgan fingerprint density at radius 3 is 2.58 bits per heavy atom. The Bertz CT molecular complexity index is 599. The average Bonchev–Trinajstić information content (AvgIpc) is 2.34. The van der Waals surface area contributed by atoms with Crippen LogP contribution in [0.15, 0.2) is 42.5 Å². The highest BCUT2D eigenvalue weighted by Gasteiger charge is 2.10. The second-order valence-electron chi connectivity index (χ2n) is 3.73. The Hall–Kier alpha value is -2.27. The zero-order valence-electron chi connectivity index (χ0n) is 9.65. The molecule has 0 bridgehead atoms. The Morgan fingerprint density at radius 2 is 1.89 bits per heavy atom. The van der Waals surface area contributed by atoms with Gasteiger partial charge < -0.3 is 15.7 Å². The standard InChI is InChI=1S/C13H10ClFN2O2/c14-10-5-2-6-11(15)12(10)17-13(19)16-8-3-1-4-9(18)7-8/h1-7,18H,(H2,16,17,19). The van der Waals surface area contributed by atoms with Gasteiger partial charge in [-0.15, -0.1) is 0 Å². The first-order valence-electron chi connectivity index (χ1n) is 5.37. The number of rotatable bonds is 2. The summed E-state index contributed by atoms with van der Waals surface area (Å²) in [7, 11) is 0. The van der Waals surface area contributed by atoms with Crippen LogP contribution in [0.2, 0.25) is 5.02 Å². The van der Waals surface area contributed by atoms with Crippen molar-refractivity contribution in [3.05, 3.63) is 53.3 Å². The Kier molecular flexibility index (Phi) is 3.87. The Labute approximate surface area is 113 Å². The average molecular weight is 281 g/mol. The molecule has 3 N–H and O–H groups in total. The summed E-state index contributed by atoms with van der Waals surface area (Å²) in [6.07, 6.45) is 0. The number of hydrogen-bond acceptors (Lipinski definition) is 2. The number of nitrogens with one attached hydrogen (secondary N) is 2. The van der Waals surface area contributed by atoms with Crippen molar-refractivity contribution in [3.8, 4) is 5.75 Å². The van der Waals surface area contributed by atoms with Crippen LogP contribution in [0.3, 0.4) is 0 Å². The van der Waals surface area contributed by atoms with Crippen molar-refractivity contribution in [2.45, 2.75) is 0 Å². The third kappa shape index (κ3) is 3.35. The molecule has 0 spiro atoms. The van der Waals surface area contributed by atoms with Crippen molar-refractivity contribution in [2.24, 2.45) is 0 Å². The molecule has 6 heteroatoms. The smallest absolute Gasteiger partial charge is 0.323 e. The second-order valence-corrected chi connectivity index (χ2v) is 4.13. The van der Waals surface area contributed by atoms with Crippen molar-refractivity contribution < 1.29 is 14.3 Å². The van der Waals surface area contributed by atoms with E-state index in [2.05, 4.69) is 10.6 Å². The molecule has 0 aromatic heterocycles. The summed E-state index contributed by atoms with van der Waals surface area (Å²) in [6.45, 7) is 0. The molecule has 0 atom stereocenters. The van der Waals surface area contributed by atoms with Gasteiger partial charge in [0, 0.05) is 11.8 Å². The van der Waals surface area contributed by atoms with Crippen molar-refractivity contribution in [1.82, 2.24) is 0 Å². The lowest BCUT2D eigenvalue weighted by Crippen LogP contribution is -2.20. The summed E-state index contributed by atoms with van der Waals surface area (Å²) in [5, 5.41) is 14.1. The number of aromatic hydroxyl groups is 1. The first-order valence-corrected chi connectivity index (χ1v) is 5.75. The van der Waals surface area contributed by atoms with E-state index in [0.29, 0.717) is 5.69 Å². The van der Waals surface area contributed by atoms with Crippen molar-refractivity contribution in [2.75, 3.05) is 10.6 Å². The van der Waals surface area contributed by atoms with Gasteiger partial charge in [-0.25, -0.2) is 9.18 Å². The molecule has 2 amide bonds. The molecule has 0 saturated carbocycles. The summed E-state index contributed by atoms with van der Waals surface area (Å²) in [5.41, 5.74) is 0.284. The number of phenolic OH excluding ortho intramolecular Hbond substituents is 1. The number of hydrogen-bond donors (Lipinski definition) is 3. The number of phenols is 1. The van der Waals surface area contributed by atoms with Gasteiger partial charge in [0.1, 0.15) is 11.6 Å². The number of anilines is 2. The Morgan fingerprint density at radius 1 is 1.16 bits per heavy atom. The van der Waals surface area contributed by atoms with Crippen LogP contribution in [0, 0.1) is 5.82 Å². The number of carbonyl (C=O) groups excluding carboxylic acids is 1. The van der Waals surface area contributed by atoms with E-state index in [0.717, 1.165) is 0 Å². The minimum absolute atomic E-state index is 0.0155. The van der Waals surface area contributed by atoms with Gasteiger partial charge in [-0.2, -0.15) is 0 Å². The van der Waals surface area contributed by atoms with Crippen LogP contribution in [-0.2, 0) is 0 Å². The topological polar surface area (TPSA) is 61.4 Å². The number of urea groups is 1. The molecular weight excluding hydrogens is 271 g/mol. The molecule has 0 fully saturated rings. The van der Waals surface area contributed by atoms with Gasteiger partial charge in [-0.1, -0.05) is 23.7 Å². The van der Waals surface area contributed by atoms with Gasteiger partial charge in [0.25, 0.3) is 0 Å². The molecule has 2 aromatic carbocycles. The highest BCUT2D eigenvalue weighted by Crippen LogP contribution is 2.25. The zero-order valence-corrected chi connectivity index (χ0v) is 10.4. The van der Waals surface area contributed by atoms with E-state index >= 15 is 0 Å². The van der Waals surface area contributed by atoms with Crippen molar-refractivity contribution in [1.29, 1.82) is 0 Å². The number of carbonyl (C=O) groups is 1. The largest absolute Gasteiger partial charge is 0.508 e. The molecule has 4 nitrogen and oxygen atoms in total. The third-order valence-electron chi connectivity index (χ3n) is 2.31. The molecule has 0 aliphatic rings. The van der Waals surface area contributed by atoms with Gasteiger partial charge in [0.15, 0.2) is 0 Å². The fraction of sp³-hybridized carbons (Fsp3) is 0. The normalized spacial score (nSPS) is 10.0. The first-order chi connectivity index (χ1) is 9.06. The van der Waals surface area contributed by atoms with Gasteiger partial charge >= 0.3 is 6.03 Å². The van der Waals surface area contributed by atoms with Crippen LogP contribution >= 0.6 is 11.6 Å². The van der Waals surface area contributed by atoms with Crippen LogP contribution in [0.25, 0.3) is 0 Å². The predicted octanol–water partition coefficient (Wildman–Crippen LogP) is 3.83. The van der Waals surface area contributed by atoms with E-state index in [4.69, 9.17) is 11.6 Å². The minimum Gasteiger partial charge on any atom is -0.508 e. The highest BCUT2D eigenvalue weighted by atomic mass is 35.5. The summed E-state index contributed by atoms with van der Waals surface area (Å²) >= 11 is 5.78. The molecule has 2 rings (SSSR count). The molecular formula is C13H10ClFN2O2. The molecule has 2 aromatic rings. The van der Waals surface area contributed by atoms with Crippen LogP contribution in [0.5, 0.6) is 5.75 Å². The fourth-order valence-electron chi connectivity index (χ4n) is 1.48. The van der Waals surface area contributed by atoms with Gasteiger partial charge in [0.05, 0.1) is 10.7 Å². The molecule has 0 aliphatic carbocycles. The summed E-state index contributed by atoms with van der Waals surface area (Å²) < 4.78 is 13.4. The van der Waals surface area contributed by atoms with Gasteiger partial charge in [-0.05, 0) is 24.3 Å². The van der Waals surface area contributed by atoms with E-state index in [1.807, 2.05) is 0 Å². The second kappa shape index (κ2) is 5.58. The molecule has 0 heterocycles. The van der Waals surface area contributed by atoms with Crippen LogP contribution in [0.4, 0.5) is 20.6 Å². The summed E-state index contributed by atoms with van der Waals surface area (Å²) in [5.74, 6) is -0.611. The predicted molar refractivity (Wildman–Crippen MR) is 72.2 cm³/mol. The van der Waals surface area contributed by atoms with E-state index in [1.165, 1.54) is 30.3 Å². The van der Waals surface area contributed by atoms with E-state index in [9.17, 15) is 14.3 Å². The SMILES string of the molecule is O=C(Nc1cccc(O)c1)Nc1c(F)cccc1Cl. The number of halogens is 2. The van der Waals surface area contributed by atoms with Gasteiger partial charge in [-0.3, -0.25) is 0 Å². The number of benzene rings is 2. The lowest BCUT2D eigenvalue weighted by molar-refractivity contribution is 0.262. The monoisotopic (exact) mass is 280 g/mol. The maximum absolute atomic E-state index is 13.4. The van der Waals surface area contributed by atoms with Crippen LogP contribution < -0.4 is 10.6 Å². The lowest BCUT2D eigenvalue weighted by Gasteiger charge is -2.09. The summed E-state index contributed by atoms with van der Waals surface area (Å²) in [4.78, 5) is 11.7. The van der Waals surface area contributed by atoms with Gasteiger partial charge in [0.2, 0.25) is 0 Å². The zero-order chi connectivity index (χ0) is 13.8. The van der Waals surface area contributed by atoms with E-state index in [-0.39, 0.29) is 16.5 Å². The van der Waals surface area contributed by atoms with E-state index in [1.54, 1.807) is 12.1 Å². The fourth-order valence-corrected chi connectivity index (χ4v) is 1.69. The van der Waals surface area contributed by atoms with Crippen molar-refractivity contribution >= 4 is 29.0 Å². The molecule has 19 heavy (non-hydrogen) atoms. The highest BCUT2D eigenvalue weighted by molar-refractivity contribution is 6.33. The molecule has 98 valence electrons. The number of para-hydroxylation sites is 1. The maximum atomic E-state index is 13.4. The summed E-state index contributed by atoms with van der Waals surface area (Å²) in [6, 6.07) is 9.43. The molecule has 0 unspecified atom stereocenters. The lowest BCUT2D eigenvalue weighted by atomic mass is 10.3. The van der Waals surface area contributed by atoms with Crippen molar-refractivity contribution in [3.63, 3.8) is 0 Å². The first kappa shape index (κ1) is 13.2. The van der Waals surface area contributed by atoms with Crippen LogP contribution in [0.1, 0.15) is 0 Å². The molecule has 0 saturated heterocycles. The molecule has 0 radical (unpaired) electrons. The number of amides is 2. The minimum atomic E-state index is -0.655. The maximum Gasteiger partial charge on any atom is 0.323 e. The van der Waals surface area contributed by atoms with E-state index < -0.39 is 11.8 Å². The third-order valence-corrected chi connectivity index (χ3v) is 2.62. The molecule has 0 aliphatic heterocycles. The quantitative estimate of drug-likeness (QED) is 0.783. The van der Waals surface area contributed by atoms with Crippen LogP contribution in [-0.4, -0.2) is 11.1 Å². The Balaban J connectivity index is 2.10.